The number of hydrogen-bond donors (Lipinski definition) is 0. The summed E-state index contributed by atoms with van der Waals surface area (Å²) in [5, 5.41) is 0. The van der Waals surface area contributed by atoms with Gasteiger partial charge in [-0.25, -0.2) is 8.42 Å². The van der Waals surface area contributed by atoms with E-state index in [-0.39, 0.29) is 12.6 Å². The molecule has 3 rings (SSSR count). The lowest BCUT2D eigenvalue weighted by atomic mass is 10.2. The largest absolute Gasteiger partial charge is 0.369 e. The fourth-order valence-electron chi connectivity index (χ4n) is 2.33. The second kappa shape index (κ2) is 5.93. The van der Waals surface area contributed by atoms with Crippen molar-refractivity contribution in [2.75, 3.05) is 19.7 Å². The van der Waals surface area contributed by atoms with E-state index < -0.39 is 10.0 Å². The molecule has 0 saturated carbocycles. The minimum absolute atomic E-state index is 0.286. The van der Waals surface area contributed by atoms with Gasteiger partial charge in [0.25, 0.3) is 0 Å². The van der Waals surface area contributed by atoms with Crippen molar-refractivity contribution in [1.82, 2.24) is 9.29 Å². The van der Waals surface area contributed by atoms with E-state index in [1.165, 1.54) is 4.31 Å². The normalized spacial score (nSPS) is 20.3. The Kier molecular flexibility index (Phi) is 4.01. The van der Waals surface area contributed by atoms with E-state index >= 15 is 0 Å². The van der Waals surface area contributed by atoms with Gasteiger partial charge in [-0.05, 0) is 24.3 Å². The fraction of sp³-hybridized carbons (Fsp3) is 0.267. The summed E-state index contributed by atoms with van der Waals surface area (Å²) < 4.78 is 32.3. The van der Waals surface area contributed by atoms with Gasteiger partial charge in [-0.3, -0.25) is 4.98 Å². The number of benzene rings is 1. The molecule has 2 aromatic rings. The minimum atomic E-state index is -3.48. The van der Waals surface area contributed by atoms with Crippen LogP contribution in [0.15, 0.2) is 59.6 Å². The first kappa shape index (κ1) is 14.2. The lowest BCUT2D eigenvalue weighted by Gasteiger charge is -2.31. The molecule has 0 aliphatic carbocycles. The highest BCUT2D eigenvalue weighted by Crippen LogP contribution is 2.25. The molecule has 6 heteroatoms. The Morgan fingerprint density at radius 1 is 1.10 bits per heavy atom. The van der Waals surface area contributed by atoms with Crippen molar-refractivity contribution in [1.29, 1.82) is 0 Å². The highest BCUT2D eigenvalue weighted by atomic mass is 32.2. The fourth-order valence-corrected chi connectivity index (χ4v) is 3.78. The average Bonchev–Trinajstić information content (AvgIpc) is 2.57. The zero-order valence-corrected chi connectivity index (χ0v) is 12.2. The molecule has 1 aliphatic rings. The summed E-state index contributed by atoms with van der Waals surface area (Å²) in [6.07, 6.45) is 1.36. The van der Waals surface area contributed by atoms with E-state index in [2.05, 4.69) is 4.98 Å². The molecular weight excluding hydrogens is 288 g/mol. The summed E-state index contributed by atoms with van der Waals surface area (Å²) in [6, 6.07) is 14.0. The van der Waals surface area contributed by atoms with E-state index in [1.807, 2.05) is 18.2 Å². The van der Waals surface area contributed by atoms with Gasteiger partial charge in [0.2, 0.25) is 10.0 Å². The second-order valence-corrected chi connectivity index (χ2v) is 6.73. The summed E-state index contributed by atoms with van der Waals surface area (Å²) in [5.41, 5.74) is 0.755. The van der Waals surface area contributed by atoms with E-state index in [4.69, 9.17) is 4.74 Å². The number of hydrogen-bond acceptors (Lipinski definition) is 4. The molecule has 0 radical (unpaired) electrons. The van der Waals surface area contributed by atoms with Crippen LogP contribution in [0.25, 0.3) is 0 Å². The maximum absolute atomic E-state index is 12.6. The molecule has 0 N–H and O–H groups in total. The number of pyridine rings is 1. The molecule has 21 heavy (non-hydrogen) atoms. The van der Waals surface area contributed by atoms with Crippen LogP contribution in [-0.2, 0) is 14.8 Å². The molecule has 5 nitrogen and oxygen atoms in total. The summed E-state index contributed by atoms with van der Waals surface area (Å²) in [7, 11) is -3.48. The Morgan fingerprint density at radius 3 is 2.57 bits per heavy atom. The van der Waals surface area contributed by atoms with Crippen molar-refractivity contribution in [2.45, 2.75) is 11.0 Å². The molecule has 1 saturated heterocycles. The summed E-state index contributed by atoms with van der Waals surface area (Å²) in [4.78, 5) is 4.56. The van der Waals surface area contributed by atoms with Crippen molar-refractivity contribution in [3.63, 3.8) is 0 Å². The van der Waals surface area contributed by atoms with E-state index in [1.54, 1.807) is 36.5 Å². The van der Waals surface area contributed by atoms with E-state index in [0.29, 0.717) is 18.0 Å². The summed E-state index contributed by atoms with van der Waals surface area (Å²) >= 11 is 0. The number of sulfonamides is 1. The van der Waals surface area contributed by atoms with E-state index in [0.717, 1.165) is 5.69 Å². The number of morpholine rings is 1. The van der Waals surface area contributed by atoms with Gasteiger partial charge in [-0.2, -0.15) is 4.31 Å². The maximum atomic E-state index is 12.6. The SMILES string of the molecule is O=S(=O)(c1ccccc1)N1CCO[C@@H](c2ccccn2)C1. The molecule has 0 spiro atoms. The van der Waals surface area contributed by atoms with E-state index in [9.17, 15) is 8.42 Å². The third kappa shape index (κ3) is 2.97. The molecule has 1 aromatic carbocycles. The lowest BCUT2D eigenvalue weighted by Crippen LogP contribution is -2.42. The molecular formula is C15H16N2O3S. The molecule has 2 heterocycles. The van der Waals surface area contributed by atoms with Crippen LogP contribution in [0.4, 0.5) is 0 Å². The Bertz CT molecular complexity index is 689. The highest BCUT2D eigenvalue weighted by Gasteiger charge is 2.31. The standard InChI is InChI=1S/C15H16N2O3S/c18-21(19,13-6-2-1-3-7-13)17-10-11-20-15(12-17)14-8-4-5-9-16-14/h1-9,15H,10-12H2/t15-/m1/s1. The topological polar surface area (TPSA) is 59.5 Å². The van der Waals surface area contributed by atoms with Gasteiger partial charge in [0.15, 0.2) is 0 Å². The van der Waals surface area contributed by atoms with Gasteiger partial charge in [-0.1, -0.05) is 24.3 Å². The van der Waals surface area contributed by atoms with Crippen LogP contribution >= 0.6 is 0 Å². The number of rotatable bonds is 3. The zero-order valence-electron chi connectivity index (χ0n) is 11.4. The van der Waals surface area contributed by atoms with Crippen molar-refractivity contribution in [3.05, 3.63) is 60.4 Å². The predicted octanol–water partition coefficient (Wildman–Crippen LogP) is 1.84. The zero-order chi connectivity index (χ0) is 14.7. The van der Waals surface area contributed by atoms with Gasteiger partial charge < -0.3 is 4.74 Å². The quantitative estimate of drug-likeness (QED) is 0.868. The van der Waals surface area contributed by atoms with Gasteiger partial charge >= 0.3 is 0 Å². The van der Waals surface area contributed by atoms with Crippen LogP contribution in [0.3, 0.4) is 0 Å². The van der Waals surface area contributed by atoms with Crippen LogP contribution in [0, 0.1) is 0 Å². The van der Waals surface area contributed by atoms with Crippen LogP contribution in [0.5, 0.6) is 0 Å². The number of aromatic nitrogens is 1. The molecule has 110 valence electrons. The Balaban J connectivity index is 1.84. The minimum Gasteiger partial charge on any atom is -0.369 e. The molecule has 0 unspecified atom stereocenters. The highest BCUT2D eigenvalue weighted by molar-refractivity contribution is 7.89. The summed E-state index contributed by atoms with van der Waals surface area (Å²) in [6.45, 7) is 1.02. The van der Waals surface area contributed by atoms with Gasteiger partial charge in [-0.15, -0.1) is 0 Å². The first-order valence-electron chi connectivity index (χ1n) is 6.75. The van der Waals surface area contributed by atoms with Crippen molar-refractivity contribution >= 4 is 10.0 Å². The first-order valence-corrected chi connectivity index (χ1v) is 8.20. The second-order valence-electron chi connectivity index (χ2n) is 4.79. The molecule has 1 aromatic heterocycles. The Morgan fingerprint density at radius 2 is 1.86 bits per heavy atom. The van der Waals surface area contributed by atoms with Crippen molar-refractivity contribution in [2.24, 2.45) is 0 Å². The molecule has 1 fully saturated rings. The third-order valence-electron chi connectivity index (χ3n) is 3.43. The molecule has 1 aliphatic heterocycles. The van der Waals surface area contributed by atoms with Gasteiger partial charge in [0.05, 0.1) is 17.2 Å². The third-order valence-corrected chi connectivity index (χ3v) is 5.31. The monoisotopic (exact) mass is 304 g/mol. The van der Waals surface area contributed by atoms with Crippen LogP contribution < -0.4 is 0 Å². The Hall–Kier alpha value is -1.76. The van der Waals surface area contributed by atoms with Gasteiger partial charge in [0.1, 0.15) is 6.10 Å². The maximum Gasteiger partial charge on any atom is 0.243 e. The molecule has 0 amide bonds. The number of nitrogens with zero attached hydrogens (tertiary/aromatic N) is 2. The van der Waals surface area contributed by atoms with Crippen LogP contribution in [-0.4, -0.2) is 37.4 Å². The van der Waals surface area contributed by atoms with Crippen LogP contribution in [0.1, 0.15) is 11.8 Å². The van der Waals surface area contributed by atoms with Crippen LogP contribution in [0.2, 0.25) is 0 Å². The Labute approximate surface area is 124 Å². The predicted molar refractivity (Wildman–Crippen MR) is 78.1 cm³/mol. The number of ether oxygens (including phenoxy) is 1. The van der Waals surface area contributed by atoms with Crippen molar-refractivity contribution in [3.8, 4) is 0 Å². The van der Waals surface area contributed by atoms with Crippen molar-refractivity contribution < 1.29 is 13.2 Å². The average molecular weight is 304 g/mol. The molecule has 1 atom stereocenters. The first-order chi connectivity index (χ1) is 10.2. The van der Waals surface area contributed by atoms with Gasteiger partial charge in [0, 0.05) is 19.3 Å². The smallest absolute Gasteiger partial charge is 0.243 e. The summed E-state index contributed by atoms with van der Waals surface area (Å²) in [5.74, 6) is 0. The molecule has 0 bridgehead atoms. The lowest BCUT2D eigenvalue weighted by molar-refractivity contribution is -0.00493.